The molecule has 0 saturated heterocycles. The smallest absolute Gasteiger partial charge is 0.330 e. The lowest BCUT2D eigenvalue weighted by molar-refractivity contribution is -0.141. The van der Waals surface area contributed by atoms with Crippen molar-refractivity contribution in [3.05, 3.63) is 12.2 Å². The Morgan fingerprint density at radius 2 is 2.30 bits per heavy atom. The molecule has 0 amide bonds. The molecule has 0 bridgehead atoms. The van der Waals surface area contributed by atoms with Crippen LogP contribution in [0, 0.1) is 0 Å². The molecule has 2 N–H and O–H groups in total. The Morgan fingerprint density at radius 1 is 1.70 bits per heavy atom. The molecule has 0 unspecified atom stereocenters. The zero-order chi connectivity index (χ0) is 7.98. The maximum Gasteiger partial charge on any atom is 0.330 e. The topological polar surface area (TPSA) is 52.3 Å². The van der Waals surface area contributed by atoms with Gasteiger partial charge in [0, 0.05) is 12.6 Å². The first-order valence-corrected chi connectivity index (χ1v) is 3.24. The molecule has 10 heavy (non-hydrogen) atoms. The summed E-state index contributed by atoms with van der Waals surface area (Å²) < 4.78 is 4.77. The Balaban J connectivity index is 3.54. The Bertz CT molecular complexity index is 130. The Hall–Kier alpha value is -0.830. The monoisotopic (exact) mass is 143 g/mol. The molecule has 0 aromatic heterocycles. The molecule has 3 nitrogen and oxygen atoms in total. The minimum Gasteiger partial charge on any atom is -0.460 e. The van der Waals surface area contributed by atoms with E-state index in [1.807, 2.05) is 0 Å². The van der Waals surface area contributed by atoms with Crippen molar-refractivity contribution in [3.63, 3.8) is 0 Å². The molecule has 0 saturated carbocycles. The first-order chi connectivity index (χ1) is 4.66. The Morgan fingerprint density at radius 3 is 2.70 bits per heavy atom. The molecule has 0 rings (SSSR count). The Kier molecular flexibility index (Phi) is 4.58. The van der Waals surface area contributed by atoms with Crippen LogP contribution in [0.15, 0.2) is 12.2 Å². The highest BCUT2D eigenvalue weighted by molar-refractivity contribution is 5.81. The molecule has 0 atom stereocenters. The molecule has 0 aromatic rings. The van der Waals surface area contributed by atoms with E-state index in [1.54, 1.807) is 19.9 Å². The molecule has 0 aliphatic carbocycles. The van der Waals surface area contributed by atoms with Crippen LogP contribution in [-0.2, 0) is 9.53 Å². The van der Waals surface area contributed by atoms with Crippen LogP contribution in [-0.4, -0.2) is 18.6 Å². The summed E-state index contributed by atoms with van der Waals surface area (Å²) in [5, 5.41) is 0. The van der Waals surface area contributed by atoms with Gasteiger partial charge in [0.15, 0.2) is 0 Å². The summed E-state index contributed by atoms with van der Waals surface area (Å²) in [5.74, 6) is -0.333. The van der Waals surface area contributed by atoms with Gasteiger partial charge in [-0.2, -0.15) is 0 Å². The van der Waals surface area contributed by atoms with Gasteiger partial charge in [0.25, 0.3) is 0 Å². The molecule has 0 heterocycles. The first-order valence-electron chi connectivity index (χ1n) is 3.24. The fraction of sp³-hybridized carbons (Fsp3) is 0.571. The summed E-state index contributed by atoms with van der Waals surface area (Å²) in [6, 6.07) is 0. The average molecular weight is 143 g/mol. The number of nitrogens with two attached hydrogens (primary N) is 1. The molecule has 0 spiro atoms. The highest BCUT2D eigenvalue weighted by Crippen LogP contribution is 1.89. The van der Waals surface area contributed by atoms with E-state index in [9.17, 15) is 4.79 Å². The predicted octanol–water partition coefficient (Wildman–Crippen LogP) is 0.453. The van der Waals surface area contributed by atoms with Crippen LogP contribution in [0.1, 0.15) is 13.8 Å². The van der Waals surface area contributed by atoms with Crippen molar-refractivity contribution in [2.24, 2.45) is 5.73 Å². The number of hydrogen-bond donors (Lipinski definition) is 1. The van der Waals surface area contributed by atoms with Crippen LogP contribution in [0.4, 0.5) is 0 Å². The second-order valence-electron chi connectivity index (χ2n) is 2.12. The van der Waals surface area contributed by atoms with E-state index in [1.165, 1.54) is 6.08 Å². The van der Waals surface area contributed by atoms with E-state index in [-0.39, 0.29) is 12.1 Å². The predicted molar refractivity (Wildman–Crippen MR) is 39.4 cm³/mol. The fourth-order valence-electron chi connectivity index (χ4n) is 0.436. The summed E-state index contributed by atoms with van der Waals surface area (Å²) >= 11 is 0. The standard InChI is InChI=1S/C7H13NO2/c1-6(2)10-7(9)4-3-5-8/h3-4,6H,5,8H2,1-2H3. The molecule has 0 aromatic carbocycles. The first kappa shape index (κ1) is 9.17. The highest BCUT2D eigenvalue weighted by Gasteiger charge is 1.97. The number of carbonyl (C=O) groups excluding carboxylic acids is 1. The third-order valence-electron chi connectivity index (χ3n) is 0.742. The molecule has 0 radical (unpaired) electrons. The van der Waals surface area contributed by atoms with Gasteiger partial charge in [-0.25, -0.2) is 4.79 Å². The lowest BCUT2D eigenvalue weighted by Gasteiger charge is -2.03. The number of hydrogen-bond acceptors (Lipinski definition) is 3. The third-order valence-corrected chi connectivity index (χ3v) is 0.742. The fourth-order valence-corrected chi connectivity index (χ4v) is 0.436. The van der Waals surface area contributed by atoms with Gasteiger partial charge >= 0.3 is 5.97 Å². The van der Waals surface area contributed by atoms with Gasteiger partial charge in [-0.05, 0) is 13.8 Å². The number of esters is 1. The average Bonchev–Trinajstić information content (AvgIpc) is 1.82. The van der Waals surface area contributed by atoms with Crippen LogP contribution in [0.25, 0.3) is 0 Å². The minimum absolute atomic E-state index is 0.0603. The van der Waals surface area contributed by atoms with Crippen molar-refractivity contribution in [1.29, 1.82) is 0 Å². The maximum atomic E-state index is 10.6. The minimum atomic E-state index is -0.333. The third kappa shape index (κ3) is 5.31. The normalized spacial score (nSPS) is 10.8. The van der Waals surface area contributed by atoms with Crippen LogP contribution in [0.2, 0.25) is 0 Å². The van der Waals surface area contributed by atoms with Crippen LogP contribution >= 0.6 is 0 Å². The Labute approximate surface area is 60.9 Å². The second kappa shape index (κ2) is 4.99. The zero-order valence-corrected chi connectivity index (χ0v) is 6.33. The van der Waals surface area contributed by atoms with Crippen molar-refractivity contribution in [2.45, 2.75) is 20.0 Å². The van der Waals surface area contributed by atoms with Crippen molar-refractivity contribution in [2.75, 3.05) is 6.54 Å². The number of ether oxygens (including phenoxy) is 1. The van der Waals surface area contributed by atoms with Crippen LogP contribution in [0.3, 0.4) is 0 Å². The van der Waals surface area contributed by atoms with Crippen molar-refractivity contribution < 1.29 is 9.53 Å². The van der Waals surface area contributed by atoms with E-state index in [4.69, 9.17) is 10.5 Å². The maximum absolute atomic E-state index is 10.6. The molecule has 0 fully saturated rings. The molecular weight excluding hydrogens is 130 g/mol. The molecule has 0 aliphatic rings. The van der Waals surface area contributed by atoms with Gasteiger partial charge in [-0.3, -0.25) is 0 Å². The molecule has 0 aliphatic heterocycles. The highest BCUT2D eigenvalue weighted by atomic mass is 16.5. The summed E-state index contributed by atoms with van der Waals surface area (Å²) in [4.78, 5) is 10.6. The van der Waals surface area contributed by atoms with Crippen molar-refractivity contribution >= 4 is 5.97 Å². The van der Waals surface area contributed by atoms with E-state index < -0.39 is 0 Å². The van der Waals surface area contributed by atoms with Crippen LogP contribution in [0.5, 0.6) is 0 Å². The SMILES string of the molecule is CC(C)OC(=O)C=CCN. The van der Waals surface area contributed by atoms with Gasteiger partial charge in [0.05, 0.1) is 6.10 Å². The van der Waals surface area contributed by atoms with Crippen molar-refractivity contribution in [3.8, 4) is 0 Å². The van der Waals surface area contributed by atoms with Gasteiger partial charge in [0.1, 0.15) is 0 Å². The van der Waals surface area contributed by atoms with E-state index >= 15 is 0 Å². The summed E-state index contributed by atoms with van der Waals surface area (Å²) in [5.41, 5.74) is 5.11. The molecule has 58 valence electrons. The van der Waals surface area contributed by atoms with Gasteiger partial charge in [-0.15, -0.1) is 0 Å². The largest absolute Gasteiger partial charge is 0.460 e. The summed E-state index contributed by atoms with van der Waals surface area (Å²) in [6.07, 6.45) is 2.83. The molecule has 3 heteroatoms. The van der Waals surface area contributed by atoms with E-state index in [2.05, 4.69) is 0 Å². The quantitative estimate of drug-likeness (QED) is 0.461. The lowest BCUT2D eigenvalue weighted by atomic mass is 10.4. The second-order valence-corrected chi connectivity index (χ2v) is 2.12. The van der Waals surface area contributed by atoms with E-state index in [0.29, 0.717) is 6.54 Å². The summed E-state index contributed by atoms with van der Waals surface area (Å²) in [7, 11) is 0. The molecular formula is C7H13NO2. The summed E-state index contributed by atoms with van der Waals surface area (Å²) in [6.45, 7) is 3.97. The van der Waals surface area contributed by atoms with E-state index in [0.717, 1.165) is 0 Å². The van der Waals surface area contributed by atoms with Gasteiger partial charge < -0.3 is 10.5 Å². The zero-order valence-electron chi connectivity index (χ0n) is 6.33. The van der Waals surface area contributed by atoms with Gasteiger partial charge in [-0.1, -0.05) is 6.08 Å². The number of rotatable bonds is 3. The van der Waals surface area contributed by atoms with Gasteiger partial charge in [0.2, 0.25) is 0 Å². The van der Waals surface area contributed by atoms with Crippen molar-refractivity contribution in [1.82, 2.24) is 0 Å². The number of carbonyl (C=O) groups is 1. The van der Waals surface area contributed by atoms with Crippen LogP contribution < -0.4 is 5.73 Å². The lowest BCUT2D eigenvalue weighted by Crippen LogP contribution is -2.08.